The molecule has 1 unspecified atom stereocenters. The lowest BCUT2D eigenvalue weighted by Gasteiger charge is -2.30. The Balaban J connectivity index is 1.73. The predicted molar refractivity (Wildman–Crippen MR) is 115 cm³/mol. The molecule has 1 N–H and O–H groups in total. The smallest absolute Gasteiger partial charge is 0.295 e. The van der Waals surface area contributed by atoms with E-state index >= 15 is 0 Å². The highest BCUT2D eigenvalue weighted by Crippen LogP contribution is 2.43. The third-order valence-corrected chi connectivity index (χ3v) is 6.21. The van der Waals surface area contributed by atoms with Crippen LogP contribution in [-0.2, 0) is 9.59 Å². The van der Waals surface area contributed by atoms with E-state index in [2.05, 4.69) is 4.98 Å². The molecule has 5 heteroatoms. The van der Waals surface area contributed by atoms with Gasteiger partial charge in [-0.1, -0.05) is 61.4 Å². The first-order valence-corrected chi connectivity index (χ1v) is 10.4. The number of aromatic nitrogens is 1. The minimum Gasteiger partial charge on any atom is -0.507 e. The van der Waals surface area contributed by atoms with E-state index in [1.54, 1.807) is 23.2 Å². The van der Waals surface area contributed by atoms with Crippen LogP contribution in [0.2, 0.25) is 0 Å². The van der Waals surface area contributed by atoms with E-state index in [0.29, 0.717) is 11.3 Å². The second-order valence-corrected chi connectivity index (χ2v) is 7.93. The van der Waals surface area contributed by atoms with Crippen LogP contribution in [0.25, 0.3) is 16.5 Å². The van der Waals surface area contributed by atoms with Crippen molar-refractivity contribution in [3.05, 3.63) is 83.7 Å². The topological polar surface area (TPSA) is 70.5 Å². The molecule has 1 aliphatic carbocycles. The van der Waals surface area contributed by atoms with Crippen LogP contribution in [0.1, 0.15) is 43.0 Å². The highest BCUT2D eigenvalue weighted by atomic mass is 16.3. The van der Waals surface area contributed by atoms with Gasteiger partial charge < -0.3 is 10.0 Å². The monoisotopic (exact) mass is 398 g/mol. The number of rotatable bonds is 3. The number of carbonyl (C=O) groups excluding carboxylic acids is 2. The largest absolute Gasteiger partial charge is 0.507 e. The van der Waals surface area contributed by atoms with Gasteiger partial charge in [-0.3, -0.25) is 14.6 Å². The molecule has 2 fully saturated rings. The summed E-state index contributed by atoms with van der Waals surface area (Å²) in [5.74, 6) is -1.32. The van der Waals surface area contributed by atoms with E-state index in [-0.39, 0.29) is 17.4 Å². The Bertz CT molecular complexity index is 1160. The first kappa shape index (κ1) is 18.6. The molecule has 1 saturated carbocycles. The maximum Gasteiger partial charge on any atom is 0.295 e. The Morgan fingerprint density at radius 1 is 0.933 bits per heavy atom. The molecule has 0 radical (unpaired) electrons. The van der Waals surface area contributed by atoms with Gasteiger partial charge in [0.15, 0.2) is 0 Å². The summed E-state index contributed by atoms with van der Waals surface area (Å²) in [5.41, 5.74) is 1.28. The zero-order valence-corrected chi connectivity index (χ0v) is 16.5. The summed E-state index contributed by atoms with van der Waals surface area (Å²) in [6.45, 7) is 0. The molecule has 3 aromatic rings. The Labute approximate surface area is 174 Å². The fourth-order valence-corrected chi connectivity index (χ4v) is 4.81. The molecule has 5 rings (SSSR count). The minimum atomic E-state index is -0.673. The number of ketones is 1. The molecule has 1 saturated heterocycles. The normalized spacial score (nSPS) is 21.6. The first-order valence-electron chi connectivity index (χ1n) is 10.4. The SMILES string of the molecule is O=C1C(=O)N(C2CCCC2)C(c2ccccn2)/C1=C(/O)c1cccc2ccccc12. The molecule has 30 heavy (non-hydrogen) atoms. The molecule has 1 aliphatic heterocycles. The van der Waals surface area contributed by atoms with Crippen molar-refractivity contribution in [3.63, 3.8) is 0 Å². The van der Waals surface area contributed by atoms with Gasteiger partial charge >= 0.3 is 0 Å². The van der Waals surface area contributed by atoms with Gasteiger partial charge in [0.1, 0.15) is 11.8 Å². The van der Waals surface area contributed by atoms with Crippen LogP contribution >= 0.6 is 0 Å². The lowest BCUT2D eigenvalue weighted by atomic mass is 9.95. The quantitative estimate of drug-likeness (QED) is 0.398. The summed E-state index contributed by atoms with van der Waals surface area (Å²) < 4.78 is 0. The van der Waals surface area contributed by atoms with Crippen LogP contribution in [0.15, 0.2) is 72.4 Å². The predicted octanol–water partition coefficient (Wildman–Crippen LogP) is 4.60. The van der Waals surface area contributed by atoms with Crippen LogP contribution in [-0.4, -0.2) is 32.7 Å². The van der Waals surface area contributed by atoms with E-state index in [4.69, 9.17) is 0 Å². The van der Waals surface area contributed by atoms with Crippen molar-refractivity contribution in [1.29, 1.82) is 0 Å². The first-order chi connectivity index (χ1) is 14.7. The number of amides is 1. The van der Waals surface area contributed by atoms with Gasteiger partial charge in [-0.05, 0) is 35.7 Å². The molecule has 1 amide bonds. The molecule has 150 valence electrons. The van der Waals surface area contributed by atoms with Crippen molar-refractivity contribution in [2.45, 2.75) is 37.8 Å². The van der Waals surface area contributed by atoms with Crippen molar-refractivity contribution < 1.29 is 14.7 Å². The van der Waals surface area contributed by atoms with Crippen molar-refractivity contribution >= 4 is 28.2 Å². The molecule has 0 bridgehead atoms. The summed E-state index contributed by atoms with van der Waals surface area (Å²) in [5, 5.41) is 13.1. The number of Topliss-reactive ketones (excluding diaryl/α,β-unsaturated/α-hetero) is 1. The number of benzene rings is 2. The van der Waals surface area contributed by atoms with Gasteiger partial charge in [-0.2, -0.15) is 0 Å². The number of fused-ring (bicyclic) bond motifs is 1. The summed E-state index contributed by atoms with van der Waals surface area (Å²) in [4.78, 5) is 32.4. The van der Waals surface area contributed by atoms with Crippen LogP contribution in [0.5, 0.6) is 0 Å². The molecular formula is C25H22N2O3. The standard InChI is InChI=1S/C25H22N2O3/c28-23(19-13-7-9-16-8-1-4-12-18(16)19)21-22(20-14-5-6-15-26-20)27(25(30)24(21)29)17-10-2-3-11-17/h1,4-9,12-15,17,22,28H,2-3,10-11H2/b23-21-. The van der Waals surface area contributed by atoms with E-state index in [9.17, 15) is 14.7 Å². The van der Waals surface area contributed by atoms with Crippen LogP contribution in [0.4, 0.5) is 0 Å². The zero-order chi connectivity index (χ0) is 20.7. The summed E-state index contributed by atoms with van der Waals surface area (Å²) in [7, 11) is 0. The van der Waals surface area contributed by atoms with Gasteiger partial charge in [0.05, 0.1) is 11.3 Å². The molecule has 1 aromatic heterocycles. The van der Waals surface area contributed by atoms with Gasteiger partial charge in [0.2, 0.25) is 0 Å². The van der Waals surface area contributed by atoms with E-state index < -0.39 is 17.7 Å². The van der Waals surface area contributed by atoms with Gasteiger partial charge in [0, 0.05) is 17.8 Å². The minimum absolute atomic E-state index is 0.00808. The maximum atomic E-state index is 13.2. The summed E-state index contributed by atoms with van der Waals surface area (Å²) in [6, 6.07) is 18.1. The van der Waals surface area contributed by atoms with Crippen LogP contribution < -0.4 is 0 Å². The number of nitrogens with zero attached hydrogens (tertiary/aromatic N) is 2. The van der Waals surface area contributed by atoms with Gasteiger partial charge in [-0.15, -0.1) is 0 Å². The van der Waals surface area contributed by atoms with Crippen molar-refractivity contribution in [3.8, 4) is 0 Å². The molecule has 0 spiro atoms. The van der Waals surface area contributed by atoms with Crippen LogP contribution in [0.3, 0.4) is 0 Å². The summed E-state index contributed by atoms with van der Waals surface area (Å²) >= 11 is 0. The van der Waals surface area contributed by atoms with Crippen molar-refractivity contribution in [2.24, 2.45) is 0 Å². The number of pyridine rings is 1. The number of aliphatic hydroxyl groups excluding tert-OH is 1. The second kappa shape index (κ2) is 7.41. The third-order valence-electron chi connectivity index (χ3n) is 6.21. The van der Waals surface area contributed by atoms with Crippen molar-refractivity contribution in [2.75, 3.05) is 0 Å². The molecule has 1 atom stereocenters. The number of likely N-dealkylation sites (tertiary alicyclic amines) is 1. The van der Waals surface area contributed by atoms with Crippen LogP contribution in [0, 0.1) is 0 Å². The van der Waals surface area contributed by atoms with Crippen molar-refractivity contribution in [1.82, 2.24) is 9.88 Å². The highest BCUT2D eigenvalue weighted by molar-refractivity contribution is 6.46. The zero-order valence-electron chi connectivity index (χ0n) is 16.5. The molecule has 2 aliphatic rings. The van der Waals surface area contributed by atoms with Gasteiger partial charge in [-0.25, -0.2) is 0 Å². The Morgan fingerprint density at radius 2 is 1.67 bits per heavy atom. The number of aliphatic hydroxyl groups is 1. The third kappa shape index (κ3) is 2.89. The Morgan fingerprint density at radius 3 is 2.43 bits per heavy atom. The van der Waals surface area contributed by atoms with E-state index in [1.807, 2.05) is 48.5 Å². The fourth-order valence-electron chi connectivity index (χ4n) is 4.81. The number of carbonyl (C=O) groups is 2. The Kier molecular flexibility index (Phi) is 4.58. The van der Waals surface area contributed by atoms with E-state index in [1.165, 1.54) is 0 Å². The molecular weight excluding hydrogens is 376 g/mol. The van der Waals surface area contributed by atoms with E-state index in [0.717, 1.165) is 36.5 Å². The molecule has 2 heterocycles. The fraction of sp³-hybridized carbons (Fsp3) is 0.240. The molecule has 5 nitrogen and oxygen atoms in total. The second-order valence-electron chi connectivity index (χ2n) is 7.93. The number of hydrogen-bond acceptors (Lipinski definition) is 4. The van der Waals surface area contributed by atoms with Gasteiger partial charge in [0.25, 0.3) is 11.7 Å². The number of hydrogen-bond donors (Lipinski definition) is 1. The lowest BCUT2D eigenvalue weighted by molar-refractivity contribution is -0.141. The summed E-state index contributed by atoms with van der Waals surface area (Å²) in [6.07, 6.45) is 5.45. The highest BCUT2D eigenvalue weighted by Gasteiger charge is 2.49. The Hall–Kier alpha value is -3.47. The lowest BCUT2D eigenvalue weighted by Crippen LogP contribution is -2.37. The molecule has 2 aromatic carbocycles. The average molecular weight is 398 g/mol. The maximum absolute atomic E-state index is 13.2. The average Bonchev–Trinajstić information content (AvgIpc) is 3.40.